The van der Waals surface area contributed by atoms with Crippen LogP contribution in [0.1, 0.15) is 114 Å². The van der Waals surface area contributed by atoms with Crippen LogP contribution in [0, 0.1) is 12.8 Å². The van der Waals surface area contributed by atoms with Crippen LogP contribution in [0.4, 0.5) is 16.6 Å². The number of hydrogen-bond donors (Lipinski definition) is 3. The topological polar surface area (TPSA) is 175 Å². The standard InChI is InChI=1S/C58H63N9O6S/c1-35-33-66(39-19-22-44-48(32-39)64(3)63-53(44)45-24-26-52(68)61-56(45)70)31-30-65(35)28-7-6-10-37-17-20-40(21-18-37)73-49-15-9-12-41(36(49)2)42-23-25-51(60-54(42)57(71)72)67-29-27-38-11-8-13-43(46(38)34-67)55(69)62-58-59-47-14-4-5-16-50(47)74-58/h4-5,8-9,11-16,19,22-23,25,32,35,37,40,45H,6-7,10,17-18,20-21,24,26-31,33-34H2,1-3H3,(H,71,72)(H,59,62,69)(H,61,68,70)/t35-,37?,40?,45-/m0/s1. The van der Waals surface area contributed by atoms with Crippen molar-refractivity contribution in [1.82, 2.24) is 30.0 Å². The number of aromatic carboxylic acids is 1. The maximum Gasteiger partial charge on any atom is 0.355 e. The number of ether oxygens (including phenoxy) is 1. The fourth-order valence-corrected chi connectivity index (χ4v) is 12.7. The summed E-state index contributed by atoms with van der Waals surface area (Å²) < 4.78 is 9.56. The Hall–Kier alpha value is -7.17. The summed E-state index contributed by atoms with van der Waals surface area (Å²) >= 11 is 1.44. The number of amides is 3. The van der Waals surface area contributed by atoms with Gasteiger partial charge in [0, 0.05) is 74.4 Å². The van der Waals surface area contributed by atoms with Gasteiger partial charge in [-0.2, -0.15) is 5.10 Å². The maximum atomic E-state index is 13.7. The third-order valence-electron chi connectivity index (χ3n) is 16.0. The summed E-state index contributed by atoms with van der Waals surface area (Å²) in [5.74, 6) is -0.188. The van der Waals surface area contributed by atoms with Gasteiger partial charge in [0.2, 0.25) is 11.8 Å². The molecule has 3 aromatic heterocycles. The third-order valence-corrected chi connectivity index (χ3v) is 16.9. The van der Waals surface area contributed by atoms with Crippen LogP contribution in [0.2, 0.25) is 0 Å². The monoisotopic (exact) mass is 1010 g/mol. The van der Waals surface area contributed by atoms with Gasteiger partial charge in [0.05, 0.1) is 33.4 Å². The summed E-state index contributed by atoms with van der Waals surface area (Å²) in [5, 5.41) is 22.3. The number of anilines is 3. The van der Waals surface area contributed by atoms with Crippen LogP contribution in [0.25, 0.3) is 32.2 Å². The molecule has 2 atom stereocenters. The molecular weight excluding hydrogens is 951 g/mol. The lowest BCUT2D eigenvalue weighted by Crippen LogP contribution is -2.52. The first kappa shape index (κ1) is 49.1. The van der Waals surface area contributed by atoms with Crippen LogP contribution in [0.5, 0.6) is 5.75 Å². The Labute approximate surface area is 434 Å². The molecule has 0 spiro atoms. The lowest BCUT2D eigenvalue weighted by molar-refractivity contribution is -0.134. The van der Waals surface area contributed by atoms with Gasteiger partial charge >= 0.3 is 5.97 Å². The van der Waals surface area contributed by atoms with Crippen molar-refractivity contribution < 1.29 is 29.0 Å². The van der Waals surface area contributed by atoms with E-state index in [1.807, 2.05) is 85.4 Å². The van der Waals surface area contributed by atoms with E-state index in [0.29, 0.717) is 66.4 Å². The summed E-state index contributed by atoms with van der Waals surface area (Å²) in [5.41, 5.74) is 8.52. The number of imide groups is 1. The lowest BCUT2D eigenvalue weighted by atomic mass is 9.84. The quantitative estimate of drug-likeness (QED) is 0.0696. The van der Waals surface area contributed by atoms with Crippen molar-refractivity contribution in [2.45, 2.75) is 103 Å². The predicted octanol–water partition coefficient (Wildman–Crippen LogP) is 9.91. The Morgan fingerprint density at radius 2 is 1.70 bits per heavy atom. The maximum absolute atomic E-state index is 13.7. The minimum absolute atomic E-state index is 0.0174. The number of pyridine rings is 1. The average molecular weight is 1010 g/mol. The first-order valence-electron chi connectivity index (χ1n) is 26.3. The number of carboxylic acids is 1. The van der Waals surface area contributed by atoms with E-state index in [1.165, 1.54) is 36.3 Å². The molecule has 15 nitrogen and oxygen atoms in total. The van der Waals surface area contributed by atoms with Crippen LogP contribution in [0.3, 0.4) is 0 Å². The number of unbranched alkanes of at least 4 members (excludes halogenated alkanes) is 1. The van der Waals surface area contributed by atoms with E-state index in [2.05, 4.69) is 61.5 Å². The highest BCUT2D eigenvalue weighted by Crippen LogP contribution is 2.38. The van der Waals surface area contributed by atoms with Crippen LogP contribution < -0.4 is 25.2 Å². The molecular formula is C58H63N9O6S. The smallest absolute Gasteiger partial charge is 0.355 e. The number of nitrogens with one attached hydrogen (secondary N) is 2. The third kappa shape index (κ3) is 10.1. The highest BCUT2D eigenvalue weighted by atomic mass is 32.1. The van der Waals surface area contributed by atoms with Gasteiger partial charge in [-0.15, -0.1) is 0 Å². The fraction of sp³-hybridized carbons (Fsp3) is 0.397. The fourth-order valence-electron chi connectivity index (χ4n) is 11.8. The van der Waals surface area contributed by atoms with Crippen molar-refractivity contribution in [1.29, 1.82) is 0 Å². The van der Waals surface area contributed by atoms with Crippen molar-refractivity contribution in [3.8, 4) is 16.9 Å². The predicted molar refractivity (Wildman–Crippen MR) is 289 cm³/mol. The Balaban J connectivity index is 0.655. The van der Waals surface area contributed by atoms with Crippen LogP contribution in [-0.2, 0) is 29.6 Å². The molecule has 0 bridgehead atoms. The zero-order valence-electron chi connectivity index (χ0n) is 42.3. The first-order chi connectivity index (χ1) is 35.9. The molecule has 2 saturated heterocycles. The zero-order chi connectivity index (χ0) is 51.0. The SMILES string of the molecule is Cc1c(OC2CCC(CCCCN3CCN(c4ccc5c([C@@H]6CCC(=O)NC6=O)nn(C)c5c4)C[C@@H]3C)CC2)cccc1-c1ccc(N2CCc3cccc(C(=O)Nc4nc5ccccc5s4)c3C2)nc1C(=O)O. The van der Waals surface area contributed by atoms with Crippen molar-refractivity contribution >= 4 is 72.8 Å². The number of thiazole rings is 1. The molecule has 3 amide bonds. The van der Waals surface area contributed by atoms with Gasteiger partial charge in [-0.05, 0) is 148 Å². The number of piperazine rings is 1. The number of aromatic nitrogens is 4. The van der Waals surface area contributed by atoms with Crippen molar-refractivity contribution in [2.75, 3.05) is 47.8 Å². The second-order valence-electron chi connectivity index (χ2n) is 20.7. The number of fused-ring (bicyclic) bond motifs is 3. The molecule has 1 aliphatic carbocycles. The Kier molecular flexibility index (Phi) is 13.9. The number of benzene rings is 4. The second kappa shape index (κ2) is 21.0. The summed E-state index contributed by atoms with van der Waals surface area (Å²) in [4.78, 5) is 67.5. The second-order valence-corrected chi connectivity index (χ2v) is 21.7. The molecule has 7 aromatic rings. The molecule has 4 aromatic carbocycles. The number of hydrogen-bond acceptors (Lipinski definition) is 12. The van der Waals surface area contributed by atoms with Crippen LogP contribution >= 0.6 is 11.3 Å². The molecule has 16 heteroatoms. The number of rotatable bonds is 14. The summed E-state index contributed by atoms with van der Waals surface area (Å²) in [7, 11) is 1.92. The lowest BCUT2D eigenvalue weighted by Gasteiger charge is -2.41. The van der Waals surface area contributed by atoms with E-state index in [1.54, 1.807) is 0 Å². The minimum atomic E-state index is -1.10. The van der Waals surface area contributed by atoms with Crippen molar-refractivity contribution in [2.24, 2.45) is 13.0 Å². The summed E-state index contributed by atoms with van der Waals surface area (Å²) in [6, 6.07) is 30.1. The molecule has 1 saturated carbocycles. The van der Waals surface area contributed by atoms with Gasteiger partial charge in [0.25, 0.3) is 5.91 Å². The van der Waals surface area contributed by atoms with Gasteiger partial charge in [0.1, 0.15) is 11.6 Å². The summed E-state index contributed by atoms with van der Waals surface area (Å²) in [6.07, 6.45) is 9.52. The van der Waals surface area contributed by atoms with Crippen LogP contribution in [0.15, 0.2) is 91.0 Å². The Morgan fingerprint density at radius 3 is 2.51 bits per heavy atom. The zero-order valence-corrected chi connectivity index (χ0v) is 43.1. The van der Waals surface area contributed by atoms with Gasteiger partial charge in [-0.3, -0.25) is 34.6 Å². The Bertz CT molecular complexity index is 3250. The molecule has 4 aliphatic rings. The van der Waals surface area contributed by atoms with Crippen LogP contribution in [-0.4, -0.2) is 98.3 Å². The van der Waals surface area contributed by atoms with E-state index in [4.69, 9.17) is 14.8 Å². The van der Waals surface area contributed by atoms with E-state index in [-0.39, 0.29) is 29.5 Å². The van der Waals surface area contributed by atoms with E-state index in [9.17, 15) is 24.3 Å². The molecule has 74 heavy (non-hydrogen) atoms. The van der Waals surface area contributed by atoms with Crippen molar-refractivity contribution in [3.63, 3.8) is 0 Å². The number of carboxylic acid groups (broad SMARTS) is 1. The summed E-state index contributed by atoms with van der Waals surface area (Å²) in [6.45, 7) is 9.40. The number of nitrogens with zero attached hydrogens (tertiary/aromatic N) is 7. The number of para-hydroxylation sites is 1. The van der Waals surface area contributed by atoms with E-state index >= 15 is 0 Å². The minimum Gasteiger partial charge on any atom is -0.490 e. The molecule has 3 aliphatic heterocycles. The highest BCUT2D eigenvalue weighted by Gasteiger charge is 2.33. The normalized spacial score (nSPS) is 20.4. The number of piperidine rings is 1. The number of carbonyl (C=O) groups is 4. The molecule has 0 radical (unpaired) electrons. The molecule has 11 rings (SSSR count). The molecule has 3 fully saturated rings. The van der Waals surface area contributed by atoms with E-state index < -0.39 is 11.9 Å². The largest absolute Gasteiger partial charge is 0.490 e. The average Bonchev–Trinajstić information content (AvgIpc) is 3.97. The first-order valence-corrected chi connectivity index (χ1v) is 27.1. The Morgan fingerprint density at radius 1 is 0.865 bits per heavy atom. The molecule has 0 unspecified atom stereocenters. The molecule has 382 valence electrons. The van der Waals surface area contributed by atoms with Crippen molar-refractivity contribution in [3.05, 3.63) is 125 Å². The van der Waals surface area contributed by atoms with E-state index in [0.717, 1.165) is 107 Å². The van der Waals surface area contributed by atoms with Gasteiger partial charge in [0.15, 0.2) is 10.8 Å². The number of carbonyl (C=O) groups excluding carboxylic acids is 3. The number of aryl methyl sites for hydroxylation is 1. The highest BCUT2D eigenvalue weighted by molar-refractivity contribution is 7.22. The molecule has 6 heterocycles. The van der Waals surface area contributed by atoms with Gasteiger partial charge in [-0.1, -0.05) is 60.6 Å². The van der Waals surface area contributed by atoms with Gasteiger partial charge < -0.3 is 19.6 Å². The van der Waals surface area contributed by atoms with Gasteiger partial charge in [-0.25, -0.2) is 14.8 Å². The molecule has 3 N–H and O–H groups in total.